The molecule has 0 unspecified atom stereocenters. The van der Waals surface area contributed by atoms with Crippen LogP contribution in [0.2, 0.25) is 20.1 Å². The van der Waals surface area contributed by atoms with Crippen molar-refractivity contribution in [2.75, 3.05) is 20.8 Å². The van der Waals surface area contributed by atoms with E-state index in [0.29, 0.717) is 89.9 Å². The van der Waals surface area contributed by atoms with E-state index in [9.17, 15) is 19.5 Å². The number of pyridine rings is 4. The molecule has 8 rings (SSSR count). The van der Waals surface area contributed by atoms with Gasteiger partial charge in [-0.05, 0) is 49.9 Å². The lowest BCUT2D eigenvalue weighted by molar-refractivity contribution is -0.110. The molecule has 0 amide bonds. The number of methoxy groups -OCH3 is 2. The van der Waals surface area contributed by atoms with Crippen LogP contribution in [0.1, 0.15) is 69.4 Å². The summed E-state index contributed by atoms with van der Waals surface area (Å²) in [4.78, 5) is 54.1. The van der Waals surface area contributed by atoms with Gasteiger partial charge in [-0.25, -0.2) is 19.0 Å². The highest BCUT2D eigenvalue weighted by molar-refractivity contribution is 6.36. The largest absolute Gasteiger partial charge is 0.493 e. The highest BCUT2D eigenvalue weighted by Gasteiger charge is 2.49. The fraction of sp³-hybridized carbons (Fsp3) is 0.306. The molecular weight excluding hydrogens is 782 g/mol. The fourth-order valence-electron chi connectivity index (χ4n) is 5.90. The van der Waals surface area contributed by atoms with Crippen LogP contribution >= 0.6 is 46.4 Å². The van der Waals surface area contributed by atoms with Crippen LogP contribution in [-0.4, -0.2) is 82.9 Å². The molecular formula is C36H30Cl4N8O6. The molecule has 0 atom stereocenters. The van der Waals surface area contributed by atoms with Gasteiger partial charge >= 0.3 is 0 Å². The lowest BCUT2D eigenvalue weighted by atomic mass is 10.1. The van der Waals surface area contributed by atoms with Crippen LogP contribution in [0.15, 0.2) is 49.1 Å². The van der Waals surface area contributed by atoms with Crippen LogP contribution in [-0.2, 0) is 28.5 Å². The van der Waals surface area contributed by atoms with Crippen molar-refractivity contribution in [3.05, 3.63) is 103 Å². The molecule has 2 aliphatic rings. The van der Waals surface area contributed by atoms with Crippen molar-refractivity contribution in [2.45, 2.75) is 49.4 Å². The number of aliphatic hydroxyl groups is 1. The van der Waals surface area contributed by atoms with E-state index in [-0.39, 0.29) is 31.0 Å². The molecule has 0 aliphatic heterocycles. The molecule has 2 fully saturated rings. The summed E-state index contributed by atoms with van der Waals surface area (Å²) in [5.74, 6) is 1.42. The molecule has 0 bridgehead atoms. The molecule has 0 spiro atoms. The predicted octanol–water partition coefficient (Wildman–Crippen LogP) is 5.98. The van der Waals surface area contributed by atoms with Gasteiger partial charge in [-0.15, -0.1) is 10.2 Å². The number of hydrogen-bond donors (Lipinski definition) is 1. The molecule has 6 aromatic rings. The molecule has 2 aliphatic carbocycles. The van der Waals surface area contributed by atoms with Crippen LogP contribution in [0.4, 0.5) is 0 Å². The van der Waals surface area contributed by atoms with Gasteiger partial charge in [-0.2, -0.15) is 0 Å². The molecule has 6 aromatic heterocycles. The Balaban J connectivity index is 0.000000167. The highest BCUT2D eigenvalue weighted by atomic mass is 35.5. The van der Waals surface area contributed by atoms with Crippen LogP contribution in [0.3, 0.4) is 0 Å². The molecule has 0 aromatic carbocycles. The van der Waals surface area contributed by atoms with E-state index in [1.807, 2.05) is 0 Å². The Morgan fingerprint density at radius 1 is 0.722 bits per heavy atom. The summed E-state index contributed by atoms with van der Waals surface area (Å²) in [6, 6.07) is 6.57. The standard InChI is InChI=1S/C18H16Cl2N4O3.C18H14Cl2N4O3/c2*1-27-15-3-2-13(14(26)6-10-11(19)7-21-8-12(10)20)24-16(15)22-17(23-24)18(9-25)4-5-18/h2-3,7-8,25H,4-6,9H2,1H3;2-3,7-9H,4-6H2,1H3. The minimum Gasteiger partial charge on any atom is -0.493 e. The average molecular weight is 812 g/mol. The van der Waals surface area contributed by atoms with Gasteiger partial charge in [0.05, 0.1) is 51.7 Å². The second kappa shape index (κ2) is 14.8. The number of hydrogen-bond acceptors (Lipinski definition) is 12. The minimum atomic E-state index is -0.658. The lowest BCUT2D eigenvalue weighted by Gasteiger charge is -2.08. The van der Waals surface area contributed by atoms with Gasteiger partial charge in [0.1, 0.15) is 17.7 Å². The first-order valence-corrected chi connectivity index (χ1v) is 18.1. The van der Waals surface area contributed by atoms with Crippen molar-refractivity contribution in [1.82, 2.24) is 39.2 Å². The maximum absolute atomic E-state index is 13.0. The number of carbonyl (C=O) groups excluding carboxylic acids is 3. The number of carbonyl (C=O) groups is 3. The maximum Gasteiger partial charge on any atom is 0.198 e. The summed E-state index contributed by atoms with van der Waals surface area (Å²) in [6.45, 7) is -0.0301. The third-order valence-electron chi connectivity index (χ3n) is 9.58. The number of ether oxygens (including phenoxy) is 2. The fourth-order valence-corrected chi connectivity index (χ4v) is 6.90. The van der Waals surface area contributed by atoms with E-state index in [0.717, 1.165) is 19.1 Å². The first-order chi connectivity index (χ1) is 26.0. The normalized spacial score (nSPS) is 15.0. The maximum atomic E-state index is 13.0. The summed E-state index contributed by atoms with van der Waals surface area (Å²) in [5.41, 5.74) is 1.39. The van der Waals surface area contributed by atoms with Gasteiger partial charge in [0.25, 0.3) is 0 Å². The van der Waals surface area contributed by atoms with Gasteiger partial charge < -0.3 is 19.4 Å². The Kier molecular flexibility index (Phi) is 10.3. The van der Waals surface area contributed by atoms with E-state index in [4.69, 9.17) is 55.9 Å². The van der Waals surface area contributed by atoms with Gasteiger partial charge in [0.2, 0.25) is 0 Å². The van der Waals surface area contributed by atoms with Crippen molar-refractivity contribution in [2.24, 2.45) is 0 Å². The lowest BCUT2D eigenvalue weighted by Crippen LogP contribution is -2.15. The van der Waals surface area contributed by atoms with Crippen LogP contribution < -0.4 is 9.47 Å². The van der Waals surface area contributed by atoms with Gasteiger partial charge in [0.15, 0.2) is 46.0 Å². The molecule has 54 heavy (non-hydrogen) atoms. The zero-order valence-corrected chi connectivity index (χ0v) is 31.7. The number of aliphatic hydroxyl groups excluding tert-OH is 1. The molecule has 2 saturated carbocycles. The molecule has 0 saturated heterocycles. The van der Waals surface area contributed by atoms with Gasteiger partial charge in [-0.1, -0.05) is 46.4 Å². The Labute approximate surface area is 327 Å². The van der Waals surface area contributed by atoms with Gasteiger partial charge in [0, 0.05) is 48.8 Å². The highest BCUT2D eigenvalue weighted by Crippen LogP contribution is 2.47. The van der Waals surface area contributed by atoms with E-state index in [1.54, 1.807) is 24.3 Å². The second-order valence-electron chi connectivity index (χ2n) is 13.0. The van der Waals surface area contributed by atoms with Crippen LogP contribution in [0, 0.1) is 0 Å². The third-order valence-corrected chi connectivity index (χ3v) is 10.9. The Hall–Kier alpha value is -4.73. The Morgan fingerprint density at radius 3 is 1.52 bits per heavy atom. The Bertz CT molecular complexity index is 2420. The van der Waals surface area contributed by atoms with Crippen molar-refractivity contribution in [3.8, 4) is 11.5 Å². The molecule has 0 radical (unpaired) electrons. The number of aldehydes is 1. The molecule has 6 heterocycles. The molecule has 278 valence electrons. The smallest absolute Gasteiger partial charge is 0.198 e. The summed E-state index contributed by atoms with van der Waals surface area (Å²) < 4.78 is 13.6. The quantitative estimate of drug-likeness (QED) is 0.113. The number of halogens is 4. The van der Waals surface area contributed by atoms with Gasteiger partial charge in [-0.3, -0.25) is 19.6 Å². The second-order valence-corrected chi connectivity index (χ2v) is 14.6. The topological polar surface area (TPSA) is 176 Å². The molecule has 14 nitrogen and oxygen atoms in total. The third kappa shape index (κ3) is 6.88. The Morgan fingerprint density at radius 2 is 1.15 bits per heavy atom. The summed E-state index contributed by atoms with van der Waals surface area (Å²) >= 11 is 24.5. The van der Waals surface area contributed by atoms with E-state index in [2.05, 4.69) is 30.1 Å². The molecule has 1 N–H and O–H groups in total. The first kappa shape index (κ1) is 37.6. The first-order valence-electron chi connectivity index (χ1n) is 16.6. The summed E-state index contributed by atoms with van der Waals surface area (Å²) in [7, 11) is 3.04. The van der Waals surface area contributed by atoms with Crippen LogP contribution in [0.5, 0.6) is 11.5 Å². The monoisotopic (exact) mass is 810 g/mol. The summed E-state index contributed by atoms with van der Waals surface area (Å²) in [5, 5.41) is 19.9. The predicted molar refractivity (Wildman–Crippen MR) is 199 cm³/mol. The minimum absolute atomic E-state index is 0.00194. The SMILES string of the molecule is COc1ccc(C(=O)Cc2c(Cl)cncc2Cl)n2nc(C3(C=O)CC3)nc12.COc1ccc(C(=O)Cc2c(Cl)cncc2Cl)n2nc(C3(CO)CC3)nc12. The molecule has 18 heteroatoms. The zero-order valence-electron chi connectivity index (χ0n) is 28.7. The van der Waals surface area contributed by atoms with E-state index in [1.165, 1.54) is 48.0 Å². The van der Waals surface area contributed by atoms with Crippen molar-refractivity contribution in [1.29, 1.82) is 0 Å². The number of ketones is 2. The number of Topliss-reactive ketones (excluding diaryl/α,β-unsaturated/α-hetero) is 2. The zero-order chi connectivity index (χ0) is 38.4. The summed E-state index contributed by atoms with van der Waals surface area (Å²) in [6.07, 6.45) is 9.65. The van der Waals surface area contributed by atoms with Crippen molar-refractivity contribution >= 4 is 75.6 Å². The van der Waals surface area contributed by atoms with Crippen molar-refractivity contribution < 1.29 is 29.0 Å². The number of nitrogens with zero attached hydrogens (tertiary/aromatic N) is 8. The number of rotatable bonds is 12. The number of fused-ring (bicyclic) bond motifs is 2. The number of aromatic nitrogens is 8. The average Bonchev–Trinajstić information content (AvgIpc) is 4.06. The van der Waals surface area contributed by atoms with E-state index < -0.39 is 10.8 Å². The van der Waals surface area contributed by atoms with Crippen molar-refractivity contribution in [3.63, 3.8) is 0 Å². The van der Waals surface area contributed by atoms with Crippen LogP contribution in [0.25, 0.3) is 11.3 Å². The van der Waals surface area contributed by atoms with E-state index >= 15 is 0 Å².